The van der Waals surface area contributed by atoms with Gasteiger partial charge in [-0.1, -0.05) is 0 Å². The first kappa shape index (κ1) is 7.13. The van der Waals surface area contributed by atoms with Crippen molar-refractivity contribution in [2.45, 2.75) is 13.3 Å². The molecule has 2 radical (unpaired) electrons. The number of rotatable bonds is 1. The summed E-state index contributed by atoms with van der Waals surface area (Å²) in [7, 11) is 0. The standard InChI is InChI=1S/C8H9.Sn.H/c1-2-8-6-4-3-5-7-8;;/h4-7H,2H2,1H3;;. The van der Waals surface area contributed by atoms with Crippen molar-refractivity contribution < 1.29 is 0 Å². The molecule has 0 aliphatic heterocycles. The zero-order valence-electron chi connectivity index (χ0n) is 5.59. The van der Waals surface area contributed by atoms with Gasteiger partial charge >= 0.3 is 69.3 Å². The van der Waals surface area contributed by atoms with Crippen molar-refractivity contribution in [3.05, 3.63) is 29.8 Å². The number of aryl methyl sites for hydroxylation is 1. The number of benzene rings is 1. The maximum atomic E-state index is 2.21. The van der Waals surface area contributed by atoms with Crippen LogP contribution in [0.15, 0.2) is 24.3 Å². The molecule has 0 unspecified atom stereocenters. The Morgan fingerprint density at radius 2 is 1.78 bits per heavy atom. The number of hydrogen-bond donors (Lipinski definition) is 0. The summed E-state index contributed by atoms with van der Waals surface area (Å²) in [4.78, 5) is 0. The molecular weight excluding hydrogens is 215 g/mol. The molecular formula is C8H10Sn. The van der Waals surface area contributed by atoms with Crippen LogP contribution in [0.4, 0.5) is 0 Å². The van der Waals surface area contributed by atoms with Crippen molar-refractivity contribution in [1.29, 1.82) is 0 Å². The van der Waals surface area contributed by atoms with Gasteiger partial charge in [-0.3, -0.25) is 0 Å². The van der Waals surface area contributed by atoms with E-state index in [1.807, 2.05) is 0 Å². The van der Waals surface area contributed by atoms with Crippen molar-refractivity contribution >= 4 is 26.1 Å². The van der Waals surface area contributed by atoms with Gasteiger partial charge in [-0.2, -0.15) is 0 Å². The summed E-state index contributed by atoms with van der Waals surface area (Å²) < 4.78 is 1.47. The molecule has 46 valence electrons. The molecule has 9 heavy (non-hydrogen) atoms. The van der Waals surface area contributed by atoms with Crippen LogP contribution >= 0.6 is 0 Å². The molecule has 0 aliphatic rings. The molecule has 1 rings (SSSR count). The van der Waals surface area contributed by atoms with E-state index in [0.29, 0.717) is 0 Å². The van der Waals surface area contributed by atoms with Crippen LogP contribution in [0.2, 0.25) is 0 Å². The van der Waals surface area contributed by atoms with Crippen molar-refractivity contribution in [1.82, 2.24) is 0 Å². The monoisotopic (exact) mass is 226 g/mol. The molecule has 1 heteroatoms. The van der Waals surface area contributed by atoms with Crippen LogP contribution in [0.5, 0.6) is 0 Å². The summed E-state index contributed by atoms with van der Waals surface area (Å²) in [5, 5.41) is 0. The maximum absolute atomic E-state index is 2.21. The van der Waals surface area contributed by atoms with Gasteiger partial charge in [0, 0.05) is 0 Å². The van der Waals surface area contributed by atoms with Crippen molar-refractivity contribution in [3.63, 3.8) is 0 Å². The Labute approximate surface area is 69.4 Å². The Kier molecular flexibility index (Phi) is 2.58. The van der Waals surface area contributed by atoms with Gasteiger partial charge in [0.1, 0.15) is 0 Å². The van der Waals surface area contributed by atoms with Crippen LogP contribution in [0.3, 0.4) is 0 Å². The minimum absolute atomic E-state index is 1.15. The van der Waals surface area contributed by atoms with Gasteiger partial charge in [0.15, 0.2) is 0 Å². The van der Waals surface area contributed by atoms with Crippen LogP contribution < -0.4 is 3.58 Å². The minimum atomic E-state index is 1.15. The van der Waals surface area contributed by atoms with Gasteiger partial charge in [0.05, 0.1) is 0 Å². The fourth-order valence-electron chi connectivity index (χ4n) is 0.753. The summed E-state index contributed by atoms with van der Waals surface area (Å²) in [5.74, 6) is 0. The average Bonchev–Trinajstić information content (AvgIpc) is 1.90. The van der Waals surface area contributed by atoms with E-state index in [4.69, 9.17) is 0 Å². The predicted molar refractivity (Wildman–Crippen MR) is 42.6 cm³/mol. The van der Waals surface area contributed by atoms with Crippen LogP contribution in [-0.4, -0.2) is 22.5 Å². The SMILES string of the molecule is CCc1cc[c]([SnH])cc1. The van der Waals surface area contributed by atoms with E-state index >= 15 is 0 Å². The molecule has 0 nitrogen and oxygen atoms in total. The van der Waals surface area contributed by atoms with E-state index in [1.54, 1.807) is 0 Å². The first-order valence-corrected chi connectivity index (χ1v) is 4.82. The Morgan fingerprint density at radius 3 is 2.22 bits per heavy atom. The van der Waals surface area contributed by atoms with E-state index < -0.39 is 0 Å². The molecule has 0 atom stereocenters. The second-order valence-electron chi connectivity index (χ2n) is 2.10. The van der Waals surface area contributed by atoms with Gasteiger partial charge in [-0.15, -0.1) is 0 Å². The molecule has 0 aliphatic carbocycles. The summed E-state index contributed by atoms with van der Waals surface area (Å²) in [6, 6.07) is 8.84. The molecule has 0 amide bonds. The second-order valence-corrected chi connectivity index (χ2v) is 4.00. The first-order valence-electron chi connectivity index (χ1n) is 3.17. The van der Waals surface area contributed by atoms with E-state index in [1.165, 1.54) is 31.7 Å². The Morgan fingerprint density at radius 1 is 1.22 bits per heavy atom. The fraction of sp³-hybridized carbons (Fsp3) is 0.250. The van der Waals surface area contributed by atoms with Gasteiger partial charge in [0.25, 0.3) is 0 Å². The molecule has 0 heterocycles. The molecule has 0 spiro atoms. The van der Waals surface area contributed by atoms with Crippen LogP contribution in [-0.2, 0) is 6.42 Å². The summed E-state index contributed by atoms with van der Waals surface area (Å²) in [6.45, 7) is 2.18. The van der Waals surface area contributed by atoms with E-state index in [2.05, 4.69) is 31.2 Å². The zero-order valence-corrected chi connectivity index (χ0v) is 8.89. The van der Waals surface area contributed by atoms with Crippen molar-refractivity contribution in [2.75, 3.05) is 0 Å². The normalized spacial score (nSPS) is 9.56. The summed E-state index contributed by atoms with van der Waals surface area (Å²) in [5.41, 5.74) is 1.44. The summed E-state index contributed by atoms with van der Waals surface area (Å²) in [6.07, 6.45) is 1.15. The van der Waals surface area contributed by atoms with E-state index in [0.717, 1.165) is 6.42 Å². The third kappa shape index (κ3) is 2.01. The molecule has 1 aromatic carbocycles. The van der Waals surface area contributed by atoms with E-state index in [9.17, 15) is 0 Å². The van der Waals surface area contributed by atoms with Crippen molar-refractivity contribution in [3.8, 4) is 0 Å². The summed E-state index contributed by atoms with van der Waals surface area (Å²) >= 11 is 1.23. The molecule has 0 fully saturated rings. The molecule has 0 bridgehead atoms. The van der Waals surface area contributed by atoms with Gasteiger partial charge in [-0.05, 0) is 0 Å². The quantitative estimate of drug-likeness (QED) is 0.619. The molecule has 0 saturated heterocycles. The fourth-order valence-corrected chi connectivity index (χ4v) is 1.30. The predicted octanol–water partition coefficient (Wildman–Crippen LogP) is 0.775. The molecule has 1 aromatic rings. The van der Waals surface area contributed by atoms with Gasteiger partial charge in [-0.25, -0.2) is 0 Å². The van der Waals surface area contributed by atoms with Gasteiger partial charge in [0.2, 0.25) is 0 Å². The van der Waals surface area contributed by atoms with Gasteiger partial charge < -0.3 is 0 Å². The Balaban J connectivity index is 2.88. The number of hydrogen-bond acceptors (Lipinski definition) is 0. The third-order valence-corrected chi connectivity index (χ3v) is 2.49. The second kappa shape index (κ2) is 3.25. The third-order valence-electron chi connectivity index (χ3n) is 1.39. The Bertz CT molecular complexity index is 176. The average molecular weight is 225 g/mol. The molecule has 0 N–H and O–H groups in total. The van der Waals surface area contributed by atoms with Crippen LogP contribution in [0.1, 0.15) is 12.5 Å². The van der Waals surface area contributed by atoms with Crippen LogP contribution in [0, 0.1) is 0 Å². The first-order chi connectivity index (χ1) is 4.33. The Hall–Kier alpha value is 0.0187. The molecule has 0 aromatic heterocycles. The van der Waals surface area contributed by atoms with Crippen molar-refractivity contribution in [2.24, 2.45) is 0 Å². The zero-order chi connectivity index (χ0) is 6.69. The molecule has 0 saturated carbocycles. The van der Waals surface area contributed by atoms with E-state index in [-0.39, 0.29) is 0 Å². The topological polar surface area (TPSA) is 0 Å². The van der Waals surface area contributed by atoms with Crippen LogP contribution in [0.25, 0.3) is 0 Å².